The first kappa shape index (κ1) is 14.3. The van der Waals surface area contributed by atoms with E-state index in [1.165, 1.54) is 0 Å². The molecule has 90 valence electrons. The molecule has 0 aliphatic rings. The number of nitrogens with zero attached hydrogens (tertiary/aromatic N) is 1. The van der Waals surface area contributed by atoms with Crippen LogP contribution in [0.1, 0.15) is 6.42 Å². The molecule has 0 aromatic carbocycles. The lowest BCUT2D eigenvalue weighted by molar-refractivity contribution is -0.121. The van der Waals surface area contributed by atoms with Crippen molar-refractivity contribution in [1.29, 1.82) is 0 Å². The summed E-state index contributed by atoms with van der Waals surface area (Å²) in [6.07, 6.45) is 0.306. The van der Waals surface area contributed by atoms with E-state index in [9.17, 15) is 4.79 Å². The molecule has 0 radical (unpaired) electrons. The van der Waals surface area contributed by atoms with Gasteiger partial charge in [0.05, 0.1) is 19.8 Å². The van der Waals surface area contributed by atoms with Crippen LogP contribution in [0, 0.1) is 0 Å². The Labute approximate surface area is 89.5 Å². The van der Waals surface area contributed by atoms with Gasteiger partial charge < -0.3 is 20.6 Å². The molecule has 1 amide bonds. The summed E-state index contributed by atoms with van der Waals surface area (Å²) in [5.74, 6) is -0.134. The Balaban J connectivity index is 3.62. The molecule has 4 N–H and O–H groups in total. The molecule has 0 saturated carbocycles. The first-order valence-corrected chi connectivity index (χ1v) is 5.06. The van der Waals surface area contributed by atoms with E-state index in [0.29, 0.717) is 26.1 Å². The van der Waals surface area contributed by atoms with Gasteiger partial charge in [0, 0.05) is 32.6 Å². The molecule has 6 nitrogen and oxygen atoms in total. The maximum Gasteiger partial charge on any atom is 0.221 e. The Bertz CT molecular complexity index is 160. The molecule has 0 heterocycles. The molecule has 0 aliphatic heterocycles. The van der Waals surface area contributed by atoms with Gasteiger partial charge in [0.15, 0.2) is 0 Å². The molecule has 15 heavy (non-hydrogen) atoms. The van der Waals surface area contributed by atoms with E-state index in [-0.39, 0.29) is 32.3 Å². The van der Waals surface area contributed by atoms with Gasteiger partial charge in [0.2, 0.25) is 5.91 Å². The molecule has 0 atom stereocenters. The van der Waals surface area contributed by atoms with Gasteiger partial charge in [-0.05, 0) is 0 Å². The third kappa shape index (κ3) is 8.31. The molecule has 0 aromatic heterocycles. The second-order valence-corrected chi connectivity index (χ2v) is 3.11. The van der Waals surface area contributed by atoms with Crippen molar-refractivity contribution in [3.63, 3.8) is 0 Å². The number of nitrogens with one attached hydrogen (secondary N) is 1. The maximum absolute atomic E-state index is 11.1. The van der Waals surface area contributed by atoms with Gasteiger partial charge in [-0.2, -0.15) is 0 Å². The average Bonchev–Trinajstić information content (AvgIpc) is 2.23. The molecule has 0 bridgehead atoms. The topological polar surface area (TPSA) is 93.0 Å². The summed E-state index contributed by atoms with van der Waals surface area (Å²) >= 11 is 0. The van der Waals surface area contributed by atoms with Crippen LogP contribution in [-0.2, 0) is 4.79 Å². The highest BCUT2D eigenvalue weighted by Gasteiger charge is 2.06. The molecule has 0 aliphatic carbocycles. The lowest BCUT2D eigenvalue weighted by Crippen LogP contribution is -2.35. The number of aliphatic hydroxyl groups excluding tert-OH is 3. The smallest absolute Gasteiger partial charge is 0.221 e. The quantitative estimate of drug-likeness (QED) is 0.353. The number of amides is 1. The van der Waals surface area contributed by atoms with Crippen molar-refractivity contribution in [3.05, 3.63) is 0 Å². The fourth-order valence-corrected chi connectivity index (χ4v) is 1.16. The lowest BCUT2D eigenvalue weighted by Gasteiger charge is -2.19. The predicted octanol–water partition coefficient (Wildman–Crippen LogP) is -2.23. The van der Waals surface area contributed by atoms with Crippen molar-refractivity contribution in [2.75, 3.05) is 46.0 Å². The van der Waals surface area contributed by atoms with Crippen LogP contribution in [0.3, 0.4) is 0 Å². The van der Waals surface area contributed by atoms with Crippen LogP contribution in [0.5, 0.6) is 0 Å². The molecule has 0 rings (SSSR count). The molecule has 0 spiro atoms. The fourth-order valence-electron chi connectivity index (χ4n) is 1.16. The van der Waals surface area contributed by atoms with Crippen molar-refractivity contribution in [2.45, 2.75) is 6.42 Å². The molecule has 0 saturated heterocycles. The van der Waals surface area contributed by atoms with E-state index in [1.807, 2.05) is 0 Å². The Hall–Kier alpha value is -0.690. The number of carbonyl (C=O) groups excluding carboxylic acids is 1. The average molecular weight is 220 g/mol. The van der Waals surface area contributed by atoms with Gasteiger partial charge in [-0.15, -0.1) is 0 Å². The maximum atomic E-state index is 11.1. The summed E-state index contributed by atoms with van der Waals surface area (Å²) in [5, 5.41) is 28.4. The second-order valence-electron chi connectivity index (χ2n) is 3.11. The first-order valence-electron chi connectivity index (χ1n) is 5.06. The number of rotatable bonds is 9. The normalized spacial score (nSPS) is 10.7. The highest BCUT2D eigenvalue weighted by Crippen LogP contribution is 1.90. The zero-order valence-electron chi connectivity index (χ0n) is 8.85. The van der Waals surface area contributed by atoms with Gasteiger partial charge in [-0.25, -0.2) is 0 Å². The number of aliphatic hydroxyl groups is 3. The summed E-state index contributed by atoms with van der Waals surface area (Å²) in [6, 6.07) is 0. The minimum atomic E-state index is -0.134. The van der Waals surface area contributed by atoms with Gasteiger partial charge in [-0.3, -0.25) is 9.69 Å². The SMILES string of the molecule is O=C(CCN(CCO)CCO)NCCO. The zero-order chi connectivity index (χ0) is 11.5. The van der Waals surface area contributed by atoms with Crippen molar-refractivity contribution >= 4 is 5.91 Å². The zero-order valence-corrected chi connectivity index (χ0v) is 8.85. The second kappa shape index (κ2) is 9.85. The van der Waals surface area contributed by atoms with Crippen LogP contribution >= 0.6 is 0 Å². The number of hydrogen-bond acceptors (Lipinski definition) is 5. The third-order valence-corrected chi connectivity index (χ3v) is 1.92. The summed E-state index contributed by atoms with van der Waals surface area (Å²) in [4.78, 5) is 12.9. The fraction of sp³-hybridized carbons (Fsp3) is 0.889. The van der Waals surface area contributed by atoms with E-state index in [1.54, 1.807) is 4.90 Å². The Morgan fingerprint density at radius 1 is 1.00 bits per heavy atom. The minimum absolute atomic E-state index is 0.0122. The van der Waals surface area contributed by atoms with Gasteiger partial charge in [0.25, 0.3) is 0 Å². The summed E-state index contributed by atoms with van der Waals surface area (Å²) < 4.78 is 0. The monoisotopic (exact) mass is 220 g/mol. The highest BCUT2D eigenvalue weighted by atomic mass is 16.3. The van der Waals surface area contributed by atoms with Crippen LogP contribution in [-0.4, -0.2) is 72.1 Å². The van der Waals surface area contributed by atoms with E-state index in [4.69, 9.17) is 15.3 Å². The minimum Gasteiger partial charge on any atom is -0.395 e. The highest BCUT2D eigenvalue weighted by molar-refractivity contribution is 5.75. The van der Waals surface area contributed by atoms with E-state index in [0.717, 1.165) is 0 Å². The Morgan fingerprint density at radius 2 is 1.60 bits per heavy atom. The van der Waals surface area contributed by atoms with Gasteiger partial charge in [-0.1, -0.05) is 0 Å². The standard InChI is InChI=1S/C9H20N2O4/c12-6-2-10-9(15)1-3-11(4-7-13)5-8-14/h12-14H,1-8H2,(H,10,15). The predicted molar refractivity (Wildman–Crippen MR) is 55.3 cm³/mol. The van der Waals surface area contributed by atoms with Gasteiger partial charge in [0.1, 0.15) is 0 Å². The van der Waals surface area contributed by atoms with Crippen molar-refractivity contribution in [2.24, 2.45) is 0 Å². The van der Waals surface area contributed by atoms with Crippen LogP contribution in [0.25, 0.3) is 0 Å². The van der Waals surface area contributed by atoms with Crippen molar-refractivity contribution in [3.8, 4) is 0 Å². The summed E-state index contributed by atoms with van der Waals surface area (Å²) in [6.45, 7) is 1.62. The summed E-state index contributed by atoms with van der Waals surface area (Å²) in [7, 11) is 0. The van der Waals surface area contributed by atoms with E-state index >= 15 is 0 Å². The molecular weight excluding hydrogens is 200 g/mol. The molecule has 0 aromatic rings. The van der Waals surface area contributed by atoms with Crippen molar-refractivity contribution < 1.29 is 20.1 Å². The lowest BCUT2D eigenvalue weighted by atomic mass is 10.3. The number of hydrogen-bond donors (Lipinski definition) is 4. The summed E-state index contributed by atoms with van der Waals surface area (Å²) in [5.41, 5.74) is 0. The van der Waals surface area contributed by atoms with Crippen molar-refractivity contribution in [1.82, 2.24) is 10.2 Å². The molecule has 0 unspecified atom stereocenters. The molecule has 6 heteroatoms. The van der Waals surface area contributed by atoms with Crippen LogP contribution in [0.15, 0.2) is 0 Å². The third-order valence-electron chi connectivity index (χ3n) is 1.92. The first-order chi connectivity index (χ1) is 7.24. The van der Waals surface area contributed by atoms with Gasteiger partial charge >= 0.3 is 0 Å². The largest absolute Gasteiger partial charge is 0.395 e. The molecule has 0 fully saturated rings. The Kier molecular flexibility index (Phi) is 9.40. The van der Waals surface area contributed by atoms with Crippen LogP contribution < -0.4 is 5.32 Å². The Morgan fingerprint density at radius 3 is 2.07 bits per heavy atom. The van der Waals surface area contributed by atoms with Crippen LogP contribution in [0.4, 0.5) is 0 Å². The molecular formula is C9H20N2O4. The van der Waals surface area contributed by atoms with E-state index in [2.05, 4.69) is 5.32 Å². The van der Waals surface area contributed by atoms with Crippen LogP contribution in [0.2, 0.25) is 0 Å². The van der Waals surface area contributed by atoms with E-state index < -0.39 is 0 Å². The number of carbonyl (C=O) groups is 1.